The summed E-state index contributed by atoms with van der Waals surface area (Å²) in [5, 5.41) is 2.25. The van der Waals surface area contributed by atoms with Gasteiger partial charge in [0.05, 0.1) is 5.41 Å². The maximum atomic E-state index is 6.41. The highest BCUT2D eigenvalue weighted by Crippen LogP contribution is 2.64. The summed E-state index contributed by atoms with van der Waals surface area (Å²) in [6.07, 6.45) is 0. The van der Waals surface area contributed by atoms with Gasteiger partial charge in [0.15, 0.2) is 0 Å². The number of fused-ring (bicyclic) bond motifs is 3. The molecule has 0 saturated heterocycles. The number of nitrogens with zero attached hydrogens (tertiary/aromatic N) is 1. The number of furan rings is 1. The first kappa shape index (κ1) is 30.9. The summed E-state index contributed by atoms with van der Waals surface area (Å²) in [6.45, 7) is 4.75. The molecule has 0 N–H and O–H groups in total. The Bertz CT molecular complexity index is 2830. The van der Waals surface area contributed by atoms with Crippen molar-refractivity contribution in [3.63, 3.8) is 0 Å². The highest BCUT2D eigenvalue weighted by molar-refractivity contribution is 6.06. The average molecular weight is 692 g/mol. The van der Waals surface area contributed by atoms with E-state index < -0.39 is 5.41 Å². The molecule has 2 heteroatoms. The molecule has 1 aromatic heterocycles. The van der Waals surface area contributed by atoms with Crippen LogP contribution in [0.5, 0.6) is 0 Å². The van der Waals surface area contributed by atoms with E-state index >= 15 is 0 Å². The number of rotatable bonds is 6. The SMILES string of the molecule is CC1(C)c2cccc3c2-c2c1cccc2C3(c1ccccc1)c1ccc(N(c2ccc(-c3ccccc3)cc2)c2ccc3c(c2)oc2ccccc23)cc1. The van der Waals surface area contributed by atoms with Gasteiger partial charge in [0, 0.05) is 39.3 Å². The molecule has 2 aliphatic carbocycles. The standard InChI is InChI=1S/C52H37NO/c1-51(2)43-18-11-20-45-49(43)50-44(51)19-12-21-46(50)52(45,36-15-7-4-8-16-36)37-25-29-39(30-26-37)53(38-27-23-35(24-28-38)34-13-5-3-6-14-34)40-31-32-42-41-17-9-10-22-47(41)54-48(42)33-40/h3-33H,1-2H3. The first-order valence-electron chi connectivity index (χ1n) is 18.8. The summed E-state index contributed by atoms with van der Waals surface area (Å²) < 4.78 is 6.41. The smallest absolute Gasteiger partial charge is 0.137 e. The van der Waals surface area contributed by atoms with E-state index in [0.717, 1.165) is 39.0 Å². The van der Waals surface area contributed by atoms with Crippen LogP contribution in [0.1, 0.15) is 47.2 Å². The minimum absolute atomic E-state index is 0.0408. The molecular formula is C52H37NO. The Morgan fingerprint density at radius 2 is 0.889 bits per heavy atom. The molecule has 11 rings (SSSR count). The van der Waals surface area contributed by atoms with E-state index in [1.54, 1.807) is 0 Å². The highest BCUT2D eigenvalue weighted by Gasteiger charge is 2.52. The van der Waals surface area contributed by atoms with Crippen molar-refractivity contribution in [2.24, 2.45) is 0 Å². The molecule has 0 bridgehead atoms. The molecule has 0 saturated carbocycles. The third-order valence-electron chi connectivity index (χ3n) is 12.2. The molecule has 54 heavy (non-hydrogen) atoms. The van der Waals surface area contributed by atoms with Crippen molar-refractivity contribution in [1.82, 2.24) is 0 Å². The summed E-state index contributed by atoms with van der Waals surface area (Å²) in [4.78, 5) is 2.35. The summed E-state index contributed by atoms with van der Waals surface area (Å²) in [5.41, 5.74) is 17.9. The molecule has 2 aliphatic rings. The largest absolute Gasteiger partial charge is 0.456 e. The van der Waals surface area contributed by atoms with Gasteiger partial charge < -0.3 is 9.32 Å². The van der Waals surface area contributed by atoms with Gasteiger partial charge in [0.1, 0.15) is 11.2 Å². The van der Waals surface area contributed by atoms with Crippen molar-refractivity contribution >= 4 is 39.0 Å². The monoisotopic (exact) mass is 691 g/mol. The second kappa shape index (κ2) is 11.4. The molecule has 0 radical (unpaired) electrons. The molecule has 0 aliphatic heterocycles. The van der Waals surface area contributed by atoms with E-state index in [0.29, 0.717) is 0 Å². The van der Waals surface area contributed by atoms with Gasteiger partial charge in [-0.15, -0.1) is 0 Å². The zero-order valence-electron chi connectivity index (χ0n) is 30.3. The van der Waals surface area contributed by atoms with Crippen LogP contribution in [0.15, 0.2) is 192 Å². The topological polar surface area (TPSA) is 16.4 Å². The predicted molar refractivity (Wildman–Crippen MR) is 223 cm³/mol. The molecule has 256 valence electrons. The zero-order chi connectivity index (χ0) is 36.0. The van der Waals surface area contributed by atoms with Crippen LogP contribution >= 0.6 is 0 Å². The second-order valence-corrected chi connectivity index (χ2v) is 15.3. The quantitative estimate of drug-likeness (QED) is 0.173. The molecule has 0 amide bonds. The lowest BCUT2D eigenvalue weighted by Gasteiger charge is -2.36. The molecular weight excluding hydrogens is 655 g/mol. The molecule has 0 spiro atoms. The van der Waals surface area contributed by atoms with Crippen LogP contribution < -0.4 is 4.90 Å². The minimum atomic E-state index is -0.442. The number of anilines is 3. The number of hydrogen-bond acceptors (Lipinski definition) is 2. The molecule has 0 unspecified atom stereocenters. The predicted octanol–water partition coefficient (Wildman–Crippen LogP) is 13.7. The van der Waals surface area contributed by atoms with Crippen molar-refractivity contribution in [1.29, 1.82) is 0 Å². The molecule has 0 fully saturated rings. The summed E-state index contributed by atoms with van der Waals surface area (Å²) in [5.74, 6) is 0. The van der Waals surface area contributed by atoms with Crippen molar-refractivity contribution in [2.45, 2.75) is 24.7 Å². The second-order valence-electron chi connectivity index (χ2n) is 15.3. The minimum Gasteiger partial charge on any atom is -0.456 e. The Morgan fingerprint density at radius 3 is 1.56 bits per heavy atom. The Balaban J connectivity index is 1.10. The number of hydrogen-bond donors (Lipinski definition) is 0. The summed E-state index contributed by atoms with van der Waals surface area (Å²) in [6, 6.07) is 68.7. The fourth-order valence-electron chi connectivity index (χ4n) is 9.67. The fraction of sp³-hybridized carbons (Fsp3) is 0.0769. The first-order valence-corrected chi connectivity index (χ1v) is 18.8. The molecule has 9 aromatic rings. The Kier molecular flexibility index (Phi) is 6.55. The van der Waals surface area contributed by atoms with Gasteiger partial charge in [-0.2, -0.15) is 0 Å². The van der Waals surface area contributed by atoms with Gasteiger partial charge in [-0.1, -0.05) is 153 Å². The zero-order valence-corrected chi connectivity index (χ0v) is 30.3. The van der Waals surface area contributed by atoms with E-state index in [1.807, 2.05) is 12.1 Å². The van der Waals surface area contributed by atoms with Crippen LogP contribution in [0.2, 0.25) is 0 Å². The molecule has 1 heterocycles. The number of para-hydroxylation sites is 1. The van der Waals surface area contributed by atoms with Crippen LogP contribution in [-0.2, 0) is 10.8 Å². The fourth-order valence-corrected chi connectivity index (χ4v) is 9.67. The van der Waals surface area contributed by atoms with E-state index in [2.05, 4.69) is 195 Å². The van der Waals surface area contributed by atoms with E-state index in [-0.39, 0.29) is 5.41 Å². The van der Waals surface area contributed by atoms with Crippen molar-refractivity contribution in [3.05, 3.63) is 221 Å². The summed E-state index contributed by atoms with van der Waals surface area (Å²) in [7, 11) is 0. The normalized spacial score (nSPS) is 14.4. The number of benzene rings is 8. The first-order chi connectivity index (χ1) is 26.5. The van der Waals surface area contributed by atoms with Crippen LogP contribution in [-0.4, -0.2) is 0 Å². The van der Waals surface area contributed by atoms with E-state index in [9.17, 15) is 0 Å². The lowest BCUT2D eigenvalue weighted by atomic mass is 9.66. The van der Waals surface area contributed by atoms with Crippen molar-refractivity contribution in [2.75, 3.05) is 4.90 Å². The Morgan fingerprint density at radius 1 is 0.389 bits per heavy atom. The third kappa shape index (κ3) is 4.22. The van der Waals surface area contributed by atoms with Crippen LogP contribution in [0.4, 0.5) is 17.1 Å². The van der Waals surface area contributed by atoms with Gasteiger partial charge in [-0.3, -0.25) is 0 Å². The van der Waals surface area contributed by atoms with Crippen LogP contribution in [0, 0.1) is 0 Å². The van der Waals surface area contributed by atoms with Crippen molar-refractivity contribution < 1.29 is 4.42 Å². The van der Waals surface area contributed by atoms with E-state index in [4.69, 9.17) is 4.42 Å². The van der Waals surface area contributed by atoms with Gasteiger partial charge in [-0.25, -0.2) is 0 Å². The van der Waals surface area contributed by atoms with Gasteiger partial charge >= 0.3 is 0 Å². The molecule has 2 nitrogen and oxygen atoms in total. The molecule has 0 atom stereocenters. The molecule has 8 aromatic carbocycles. The maximum absolute atomic E-state index is 6.41. The Labute approximate surface area is 315 Å². The van der Waals surface area contributed by atoms with Gasteiger partial charge in [0.2, 0.25) is 0 Å². The van der Waals surface area contributed by atoms with Crippen LogP contribution in [0.25, 0.3) is 44.2 Å². The average Bonchev–Trinajstić information content (AvgIpc) is 3.83. The maximum Gasteiger partial charge on any atom is 0.137 e. The summed E-state index contributed by atoms with van der Waals surface area (Å²) >= 11 is 0. The van der Waals surface area contributed by atoms with E-state index in [1.165, 1.54) is 55.6 Å². The van der Waals surface area contributed by atoms with Gasteiger partial charge in [-0.05, 0) is 98.1 Å². The van der Waals surface area contributed by atoms with Crippen molar-refractivity contribution in [3.8, 4) is 22.3 Å². The third-order valence-corrected chi connectivity index (χ3v) is 12.2. The van der Waals surface area contributed by atoms with Gasteiger partial charge in [0.25, 0.3) is 0 Å². The Hall–Kier alpha value is -6.64. The van der Waals surface area contributed by atoms with Crippen LogP contribution in [0.3, 0.4) is 0 Å². The lowest BCUT2D eigenvalue weighted by molar-refractivity contribution is 0.652. The lowest BCUT2D eigenvalue weighted by Crippen LogP contribution is -2.30. The highest BCUT2D eigenvalue weighted by atomic mass is 16.3.